The summed E-state index contributed by atoms with van der Waals surface area (Å²) in [5.41, 5.74) is 4.60. The topological polar surface area (TPSA) is 101 Å². The minimum atomic E-state index is -1.30. The summed E-state index contributed by atoms with van der Waals surface area (Å²) >= 11 is 0. The number of carboxylic acid groups (broad SMARTS) is 2. The summed E-state index contributed by atoms with van der Waals surface area (Å²) in [6, 6.07) is 0. The van der Waals surface area contributed by atoms with E-state index in [2.05, 4.69) is 0 Å². The van der Waals surface area contributed by atoms with Crippen LogP contribution in [-0.4, -0.2) is 28.7 Å². The molecule has 0 aromatic heterocycles. The zero-order valence-electron chi connectivity index (χ0n) is 5.07. The van der Waals surface area contributed by atoms with E-state index >= 15 is 0 Å². The summed E-state index contributed by atoms with van der Waals surface area (Å²) in [6.45, 7) is -0.276. The highest BCUT2D eigenvalue weighted by Gasteiger charge is 2.05. The van der Waals surface area contributed by atoms with E-state index in [-0.39, 0.29) is 12.1 Å². The van der Waals surface area contributed by atoms with Gasteiger partial charge in [-0.15, -0.1) is 0 Å². The Labute approximate surface area is 56.8 Å². The van der Waals surface area contributed by atoms with Crippen molar-refractivity contribution in [1.29, 1.82) is 0 Å². The molecular formula is C5H7NO4. The predicted octanol–water partition coefficient (Wildman–Crippen LogP) is -0.959. The predicted molar refractivity (Wildman–Crippen MR) is 32.4 cm³/mol. The highest BCUT2D eigenvalue weighted by atomic mass is 16.4. The molecule has 0 bridgehead atoms. The van der Waals surface area contributed by atoms with E-state index in [9.17, 15) is 9.59 Å². The molecule has 0 unspecified atom stereocenters. The molecule has 5 nitrogen and oxygen atoms in total. The molecule has 0 saturated carbocycles. The quantitative estimate of drug-likeness (QED) is 0.444. The normalized spacial score (nSPS) is 11.1. The fraction of sp³-hybridized carbons (Fsp3) is 0.200. The van der Waals surface area contributed by atoms with Crippen molar-refractivity contribution in [1.82, 2.24) is 0 Å². The number of hydrogen-bond acceptors (Lipinski definition) is 3. The van der Waals surface area contributed by atoms with Gasteiger partial charge in [-0.1, -0.05) is 0 Å². The third-order valence-electron chi connectivity index (χ3n) is 0.792. The number of rotatable bonds is 3. The Hall–Kier alpha value is -1.36. The number of aliphatic carboxylic acids is 2. The maximum Gasteiger partial charge on any atom is 0.333 e. The number of hydrogen-bond donors (Lipinski definition) is 3. The second-order valence-corrected chi connectivity index (χ2v) is 1.52. The lowest BCUT2D eigenvalue weighted by atomic mass is 10.2. The van der Waals surface area contributed by atoms with Gasteiger partial charge in [0.25, 0.3) is 0 Å². The van der Waals surface area contributed by atoms with Crippen molar-refractivity contribution in [2.45, 2.75) is 0 Å². The van der Waals surface area contributed by atoms with Gasteiger partial charge in [-0.3, -0.25) is 0 Å². The van der Waals surface area contributed by atoms with Gasteiger partial charge in [-0.25, -0.2) is 9.59 Å². The molecule has 0 rings (SSSR count). The smallest absolute Gasteiger partial charge is 0.333 e. The van der Waals surface area contributed by atoms with Crippen molar-refractivity contribution in [3.8, 4) is 0 Å². The molecular weight excluding hydrogens is 138 g/mol. The van der Waals surface area contributed by atoms with Crippen LogP contribution in [0.5, 0.6) is 0 Å². The molecule has 0 heterocycles. The van der Waals surface area contributed by atoms with Crippen LogP contribution in [0.1, 0.15) is 0 Å². The van der Waals surface area contributed by atoms with E-state index in [4.69, 9.17) is 15.9 Å². The zero-order valence-corrected chi connectivity index (χ0v) is 5.07. The summed E-state index contributed by atoms with van der Waals surface area (Å²) in [7, 11) is 0. The lowest BCUT2D eigenvalue weighted by Gasteiger charge is -1.92. The second kappa shape index (κ2) is 3.62. The van der Waals surface area contributed by atoms with Gasteiger partial charge in [-0.2, -0.15) is 0 Å². The van der Waals surface area contributed by atoms with Crippen molar-refractivity contribution < 1.29 is 19.8 Å². The van der Waals surface area contributed by atoms with Crippen LogP contribution >= 0.6 is 0 Å². The maximum atomic E-state index is 10.1. The first kappa shape index (κ1) is 8.64. The largest absolute Gasteiger partial charge is 0.478 e. The van der Waals surface area contributed by atoms with Gasteiger partial charge < -0.3 is 15.9 Å². The van der Waals surface area contributed by atoms with Crippen molar-refractivity contribution in [2.75, 3.05) is 6.54 Å². The van der Waals surface area contributed by atoms with Gasteiger partial charge in [-0.05, 0) is 0 Å². The molecule has 0 amide bonds. The standard InChI is InChI=1S/C5H7NO4/c6-2-3(5(9)10)1-4(7)8/h1H,2,6H2,(H,7,8)(H,9,10)/b3-1+. The monoisotopic (exact) mass is 145 g/mol. The van der Waals surface area contributed by atoms with Crippen molar-refractivity contribution in [2.24, 2.45) is 5.73 Å². The summed E-state index contributed by atoms with van der Waals surface area (Å²) in [4.78, 5) is 19.9. The van der Waals surface area contributed by atoms with Gasteiger partial charge >= 0.3 is 11.9 Å². The van der Waals surface area contributed by atoms with Gasteiger partial charge in [0.1, 0.15) is 0 Å². The van der Waals surface area contributed by atoms with Crippen LogP contribution in [0.15, 0.2) is 11.6 Å². The SMILES string of the molecule is NC/C(=C\C(=O)O)C(=O)O. The molecule has 0 aliphatic heterocycles. The van der Waals surface area contributed by atoms with Crippen LogP contribution in [0, 0.1) is 0 Å². The van der Waals surface area contributed by atoms with Crippen molar-refractivity contribution in [3.05, 3.63) is 11.6 Å². The third-order valence-corrected chi connectivity index (χ3v) is 0.792. The molecule has 0 aromatic rings. The summed E-state index contributed by atoms with van der Waals surface area (Å²) in [5.74, 6) is -2.60. The van der Waals surface area contributed by atoms with Crippen molar-refractivity contribution in [3.63, 3.8) is 0 Å². The van der Waals surface area contributed by atoms with E-state index in [1.165, 1.54) is 0 Å². The zero-order chi connectivity index (χ0) is 8.15. The molecule has 0 aliphatic rings. The van der Waals surface area contributed by atoms with Gasteiger partial charge in [0.05, 0.1) is 5.57 Å². The van der Waals surface area contributed by atoms with Crippen LogP contribution in [0.25, 0.3) is 0 Å². The van der Waals surface area contributed by atoms with Gasteiger partial charge in [0, 0.05) is 12.6 Å². The molecule has 0 aliphatic carbocycles. The molecule has 0 atom stereocenters. The minimum absolute atomic E-state index is 0.276. The van der Waals surface area contributed by atoms with Crippen LogP contribution in [0.4, 0.5) is 0 Å². The van der Waals surface area contributed by atoms with Crippen LogP contribution in [0.3, 0.4) is 0 Å². The Morgan fingerprint density at radius 3 is 2.00 bits per heavy atom. The molecule has 0 saturated heterocycles. The lowest BCUT2D eigenvalue weighted by molar-refractivity contribution is -0.135. The maximum absolute atomic E-state index is 10.1. The molecule has 0 fully saturated rings. The lowest BCUT2D eigenvalue weighted by Crippen LogP contribution is -2.13. The van der Waals surface area contributed by atoms with E-state index in [1.807, 2.05) is 0 Å². The van der Waals surface area contributed by atoms with Crippen LogP contribution in [0.2, 0.25) is 0 Å². The molecule has 10 heavy (non-hydrogen) atoms. The highest BCUT2D eigenvalue weighted by molar-refractivity contribution is 5.94. The summed E-state index contributed by atoms with van der Waals surface area (Å²) < 4.78 is 0. The minimum Gasteiger partial charge on any atom is -0.478 e. The molecule has 56 valence electrons. The first-order chi connectivity index (χ1) is 4.57. The van der Waals surface area contributed by atoms with Gasteiger partial charge in [0.2, 0.25) is 0 Å². The first-order valence-corrected chi connectivity index (χ1v) is 2.44. The van der Waals surface area contributed by atoms with E-state index in [1.54, 1.807) is 0 Å². The average molecular weight is 145 g/mol. The average Bonchev–Trinajstić information content (AvgIpc) is 1.81. The van der Waals surface area contributed by atoms with E-state index in [0.29, 0.717) is 6.08 Å². The first-order valence-electron chi connectivity index (χ1n) is 2.44. The van der Waals surface area contributed by atoms with Gasteiger partial charge in [0.15, 0.2) is 0 Å². The van der Waals surface area contributed by atoms with Crippen LogP contribution < -0.4 is 5.73 Å². The summed E-state index contributed by atoms with van der Waals surface area (Å²) in [5, 5.41) is 16.3. The number of carbonyl (C=O) groups is 2. The number of carboxylic acids is 2. The molecule has 5 heteroatoms. The third kappa shape index (κ3) is 2.83. The molecule has 4 N–H and O–H groups in total. The summed E-state index contributed by atoms with van der Waals surface area (Å²) in [6.07, 6.45) is 0.572. The number of nitrogens with two attached hydrogens (primary N) is 1. The van der Waals surface area contributed by atoms with Crippen molar-refractivity contribution >= 4 is 11.9 Å². The molecule has 0 spiro atoms. The Balaban J connectivity index is 4.34. The molecule has 0 radical (unpaired) electrons. The Morgan fingerprint density at radius 1 is 1.40 bits per heavy atom. The van der Waals surface area contributed by atoms with E-state index in [0.717, 1.165) is 0 Å². The fourth-order valence-corrected chi connectivity index (χ4v) is 0.357. The Morgan fingerprint density at radius 2 is 1.90 bits per heavy atom. The Kier molecular flexibility index (Phi) is 3.13. The van der Waals surface area contributed by atoms with Crippen LogP contribution in [-0.2, 0) is 9.59 Å². The fourth-order valence-electron chi connectivity index (χ4n) is 0.357. The van der Waals surface area contributed by atoms with E-state index < -0.39 is 11.9 Å². The molecule has 0 aromatic carbocycles. The Bertz CT molecular complexity index is 184. The second-order valence-electron chi connectivity index (χ2n) is 1.52. The highest BCUT2D eigenvalue weighted by Crippen LogP contribution is 1.89.